The number of aromatic nitrogens is 4. The van der Waals surface area contributed by atoms with Crippen LogP contribution in [0.4, 0.5) is 0 Å². The fraction of sp³-hybridized carbons (Fsp3) is 0. The van der Waals surface area contributed by atoms with Gasteiger partial charge in [-0.1, -0.05) is 170 Å². The lowest BCUT2D eigenvalue weighted by Gasteiger charge is -2.12. The molecule has 0 radical (unpaired) electrons. The molecule has 0 aliphatic carbocycles. The highest BCUT2D eigenvalue weighted by atomic mass is 14.9. The molecular weight excluding hydrogens is 681 g/mol. The Labute approximate surface area is 323 Å². The van der Waals surface area contributed by atoms with Gasteiger partial charge in [-0.25, -0.2) is 19.9 Å². The fourth-order valence-electron chi connectivity index (χ4n) is 8.01. The minimum Gasteiger partial charge on any atom is -0.228 e. The molecule has 9 aromatic carbocycles. The third-order valence-electron chi connectivity index (χ3n) is 10.9. The molecule has 0 aliphatic heterocycles. The molecule has 4 heteroatoms. The summed E-state index contributed by atoms with van der Waals surface area (Å²) in [6, 6.07) is 68.1. The predicted molar refractivity (Wildman–Crippen MR) is 232 cm³/mol. The van der Waals surface area contributed by atoms with E-state index in [9.17, 15) is 0 Å². The molecule has 0 unspecified atom stereocenters. The second-order valence-corrected chi connectivity index (χ2v) is 14.3. The molecule has 0 atom stereocenters. The summed E-state index contributed by atoms with van der Waals surface area (Å²) in [6.45, 7) is 0. The normalized spacial score (nSPS) is 11.6. The van der Waals surface area contributed by atoms with Gasteiger partial charge in [0.2, 0.25) is 0 Å². The third kappa shape index (κ3) is 5.55. The van der Waals surface area contributed by atoms with Gasteiger partial charge < -0.3 is 0 Å². The van der Waals surface area contributed by atoms with Crippen molar-refractivity contribution in [2.75, 3.05) is 0 Å². The highest BCUT2D eigenvalue weighted by molar-refractivity contribution is 6.09. The van der Waals surface area contributed by atoms with Crippen LogP contribution in [-0.4, -0.2) is 19.9 Å². The maximum atomic E-state index is 5.24. The van der Waals surface area contributed by atoms with Crippen molar-refractivity contribution in [3.8, 4) is 56.5 Å². The van der Waals surface area contributed by atoms with Crippen molar-refractivity contribution >= 4 is 54.0 Å². The summed E-state index contributed by atoms with van der Waals surface area (Å²) in [6.07, 6.45) is 0. The molecule has 2 heterocycles. The van der Waals surface area contributed by atoms with Crippen LogP contribution in [0.5, 0.6) is 0 Å². The zero-order chi connectivity index (χ0) is 37.0. The van der Waals surface area contributed by atoms with Gasteiger partial charge in [-0.15, -0.1) is 0 Å². The topological polar surface area (TPSA) is 51.6 Å². The van der Waals surface area contributed by atoms with Crippen LogP contribution in [0.1, 0.15) is 0 Å². The van der Waals surface area contributed by atoms with Gasteiger partial charge in [0.05, 0.1) is 22.6 Å². The molecule has 0 amide bonds. The lowest BCUT2D eigenvalue weighted by atomic mass is 9.98. The first-order chi connectivity index (χ1) is 27.7. The Kier molecular flexibility index (Phi) is 7.46. The average Bonchev–Trinajstić information content (AvgIpc) is 3.28. The smallest absolute Gasteiger partial charge is 0.160 e. The number of hydrogen-bond acceptors (Lipinski definition) is 4. The van der Waals surface area contributed by atoms with Crippen LogP contribution >= 0.6 is 0 Å². The van der Waals surface area contributed by atoms with Crippen molar-refractivity contribution in [3.63, 3.8) is 0 Å². The SMILES string of the molecule is c1ccc(-c2nc(-c3ccc(-c4cc(-c5ccc6c(ccc7ccccc76)c5)nc(-c5ccc6c(ccc7ccccc76)c5)n4)cc3)nc3ccccc23)cc1. The van der Waals surface area contributed by atoms with E-state index in [0.29, 0.717) is 11.6 Å². The Morgan fingerprint density at radius 3 is 1.43 bits per heavy atom. The zero-order valence-electron chi connectivity index (χ0n) is 30.3. The van der Waals surface area contributed by atoms with E-state index in [2.05, 4.69) is 164 Å². The average molecular weight is 713 g/mol. The highest BCUT2D eigenvalue weighted by Gasteiger charge is 2.15. The maximum Gasteiger partial charge on any atom is 0.160 e. The zero-order valence-corrected chi connectivity index (χ0v) is 30.3. The van der Waals surface area contributed by atoms with Crippen molar-refractivity contribution < 1.29 is 0 Å². The summed E-state index contributed by atoms with van der Waals surface area (Å²) in [5, 5.41) is 10.8. The van der Waals surface area contributed by atoms with E-state index in [4.69, 9.17) is 19.9 Å². The molecular formula is C52H32N4. The number of para-hydroxylation sites is 1. The van der Waals surface area contributed by atoms with E-state index in [0.717, 1.165) is 61.2 Å². The van der Waals surface area contributed by atoms with Crippen LogP contribution in [0.3, 0.4) is 0 Å². The molecule has 0 fully saturated rings. The van der Waals surface area contributed by atoms with E-state index in [1.165, 1.54) is 37.7 Å². The Bertz CT molecular complexity index is 3160. The molecule has 56 heavy (non-hydrogen) atoms. The largest absolute Gasteiger partial charge is 0.228 e. The lowest BCUT2D eigenvalue weighted by Crippen LogP contribution is -1.97. The molecule has 2 aromatic heterocycles. The number of fused-ring (bicyclic) bond motifs is 7. The fourth-order valence-corrected chi connectivity index (χ4v) is 8.01. The molecule has 4 nitrogen and oxygen atoms in total. The number of hydrogen-bond donors (Lipinski definition) is 0. The number of benzene rings is 9. The number of nitrogens with zero attached hydrogens (tertiary/aromatic N) is 4. The molecule has 11 rings (SSSR count). The summed E-state index contributed by atoms with van der Waals surface area (Å²) in [5.74, 6) is 1.37. The Morgan fingerprint density at radius 1 is 0.250 bits per heavy atom. The van der Waals surface area contributed by atoms with Crippen molar-refractivity contribution in [1.29, 1.82) is 0 Å². The first-order valence-corrected chi connectivity index (χ1v) is 18.9. The third-order valence-corrected chi connectivity index (χ3v) is 10.9. The summed E-state index contributed by atoms with van der Waals surface area (Å²) in [4.78, 5) is 20.6. The first-order valence-electron chi connectivity index (χ1n) is 18.9. The van der Waals surface area contributed by atoms with Crippen LogP contribution in [0.25, 0.3) is 111 Å². The summed E-state index contributed by atoms with van der Waals surface area (Å²) >= 11 is 0. The summed E-state index contributed by atoms with van der Waals surface area (Å²) in [5.41, 5.74) is 8.55. The molecule has 0 aliphatic rings. The summed E-state index contributed by atoms with van der Waals surface area (Å²) in [7, 11) is 0. The van der Waals surface area contributed by atoms with Crippen LogP contribution in [0, 0.1) is 0 Å². The van der Waals surface area contributed by atoms with Crippen LogP contribution in [-0.2, 0) is 0 Å². The molecule has 0 spiro atoms. The van der Waals surface area contributed by atoms with E-state index in [1.807, 2.05) is 30.3 Å². The van der Waals surface area contributed by atoms with Crippen molar-refractivity contribution in [2.45, 2.75) is 0 Å². The monoisotopic (exact) mass is 712 g/mol. The second-order valence-electron chi connectivity index (χ2n) is 14.3. The Morgan fingerprint density at radius 2 is 0.732 bits per heavy atom. The second kappa shape index (κ2) is 13.1. The molecule has 0 N–H and O–H groups in total. The lowest BCUT2D eigenvalue weighted by molar-refractivity contribution is 1.18. The Balaban J connectivity index is 1.04. The van der Waals surface area contributed by atoms with E-state index >= 15 is 0 Å². The van der Waals surface area contributed by atoms with Gasteiger partial charge >= 0.3 is 0 Å². The van der Waals surface area contributed by atoms with Gasteiger partial charge in [0.25, 0.3) is 0 Å². The van der Waals surface area contributed by atoms with E-state index in [1.54, 1.807) is 0 Å². The Hall–Kier alpha value is -7.56. The first kappa shape index (κ1) is 31.9. The predicted octanol–water partition coefficient (Wildman–Crippen LogP) is 13.4. The van der Waals surface area contributed by atoms with Crippen LogP contribution in [0.2, 0.25) is 0 Å². The highest BCUT2D eigenvalue weighted by Crippen LogP contribution is 2.35. The minimum atomic E-state index is 0.681. The van der Waals surface area contributed by atoms with Crippen molar-refractivity contribution in [2.24, 2.45) is 0 Å². The standard InChI is InChI=1S/C52H32N4/c1-2-12-36(13-3-1)50-46-16-8-9-17-47(46)53-51(56-50)37-22-20-35(21-23-37)48-32-49(40-26-28-44-38(30-40)24-18-33-10-4-6-14-42(33)44)55-52(54-48)41-27-29-45-39(31-41)25-19-34-11-5-7-15-43(34)45/h1-32H. The molecule has 11 aromatic rings. The maximum absolute atomic E-state index is 5.24. The van der Waals surface area contributed by atoms with E-state index < -0.39 is 0 Å². The molecule has 260 valence electrons. The van der Waals surface area contributed by atoms with Crippen LogP contribution in [0.15, 0.2) is 194 Å². The van der Waals surface area contributed by atoms with Gasteiger partial charge in [0, 0.05) is 33.2 Å². The molecule has 0 saturated carbocycles. The minimum absolute atomic E-state index is 0.681. The van der Waals surface area contributed by atoms with Gasteiger partial charge in [-0.3, -0.25) is 0 Å². The van der Waals surface area contributed by atoms with Crippen LogP contribution < -0.4 is 0 Å². The molecule has 0 bridgehead atoms. The van der Waals surface area contributed by atoms with Gasteiger partial charge in [0.1, 0.15) is 0 Å². The molecule has 0 saturated heterocycles. The van der Waals surface area contributed by atoms with Gasteiger partial charge in [0.15, 0.2) is 11.6 Å². The quantitative estimate of drug-likeness (QED) is 0.167. The van der Waals surface area contributed by atoms with Gasteiger partial charge in [-0.05, 0) is 67.4 Å². The van der Waals surface area contributed by atoms with Gasteiger partial charge in [-0.2, -0.15) is 0 Å². The van der Waals surface area contributed by atoms with Crippen molar-refractivity contribution in [1.82, 2.24) is 19.9 Å². The summed E-state index contributed by atoms with van der Waals surface area (Å²) < 4.78 is 0. The van der Waals surface area contributed by atoms with E-state index in [-0.39, 0.29) is 0 Å². The van der Waals surface area contributed by atoms with Crippen molar-refractivity contribution in [3.05, 3.63) is 194 Å². The number of rotatable bonds is 5.